The predicted molar refractivity (Wildman–Crippen MR) is 83.2 cm³/mol. The van der Waals surface area contributed by atoms with Crippen LogP contribution in [-0.2, 0) is 18.7 Å². The third-order valence-corrected chi connectivity index (χ3v) is 4.31. The SMILES string of the molecule is CO[C@H]1C=C(O[Si](C)(C)C)CC2(C(=O)OC(C)(C)C)CN12. The summed E-state index contributed by atoms with van der Waals surface area (Å²) in [6.45, 7) is 12.7. The first kappa shape index (κ1) is 16.5. The molecule has 2 unspecified atom stereocenters. The third kappa shape index (κ3) is 3.67. The number of rotatable bonds is 4. The summed E-state index contributed by atoms with van der Waals surface area (Å²) in [6, 6.07) is 0. The summed E-state index contributed by atoms with van der Waals surface area (Å²) >= 11 is 0. The van der Waals surface area contributed by atoms with E-state index in [4.69, 9.17) is 13.9 Å². The highest BCUT2D eigenvalue weighted by atomic mass is 28.4. The molecule has 0 aliphatic carbocycles. The van der Waals surface area contributed by atoms with Crippen molar-refractivity contribution in [2.24, 2.45) is 0 Å². The Morgan fingerprint density at radius 3 is 2.48 bits per heavy atom. The van der Waals surface area contributed by atoms with Gasteiger partial charge in [0.15, 0.2) is 0 Å². The summed E-state index contributed by atoms with van der Waals surface area (Å²) in [5, 5.41) is 0. The molecule has 0 aromatic carbocycles. The van der Waals surface area contributed by atoms with Crippen molar-refractivity contribution in [2.75, 3.05) is 13.7 Å². The standard InChI is InChI=1S/C15H27NO4Si/c1-14(2,3)19-13(17)15-9-11(20-21(5,6)7)8-12(18-4)16(15)10-15/h8,12H,9-10H2,1-7H3/t12-,15?,16?/m0/s1. The van der Waals surface area contributed by atoms with E-state index in [1.165, 1.54) is 0 Å². The monoisotopic (exact) mass is 313 g/mol. The lowest BCUT2D eigenvalue weighted by Gasteiger charge is -2.32. The molecular weight excluding hydrogens is 286 g/mol. The first-order valence-corrected chi connectivity index (χ1v) is 10.8. The number of nitrogens with zero attached hydrogens (tertiary/aromatic N) is 1. The topological polar surface area (TPSA) is 47.8 Å². The molecule has 6 heteroatoms. The van der Waals surface area contributed by atoms with Gasteiger partial charge >= 0.3 is 5.97 Å². The average Bonchev–Trinajstić information content (AvgIpc) is 2.99. The van der Waals surface area contributed by atoms with Crippen LogP contribution in [0, 0.1) is 0 Å². The Kier molecular flexibility index (Phi) is 4.01. The zero-order valence-electron chi connectivity index (χ0n) is 14.1. The van der Waals surface area contributed by atoms with Gasteiger partial charge in [-0.2, -0.15) is 0 Å². The van der Waals surface area contributed by atoms with E-state index in [-0.39, 0.29) is 12.2 Å². The maximum atomic E-state index is 12.6. The fraction of sp³-hybridized carbons (Fsp3) is 0.800. The van der Waals surface area contributed by atoms with Crippen molar-refractivity contribution < 1.29 is 18.7 Å². The van der Waals surface area contributed by atoms with Gasteiger partial charge in [-0.25, -0.2) is 4.79 Å². The Balaban J connectivity index is 2.17. The fourth-order valence-electron chi connectivity index (χ4n) is 2.62. The van der Waals surface area contributed by atoms with Gasteiger partial charge in [0.05, 0.1) is 5.76 Å². The zero-order chi connectivity index (χ0) is 16.1. The van der Waals surface area contributed by atoms with Crippen LogP contribution >= 0.6 is 0 Å². The number of methoxy groups -OCH3 is 1. The molecule has 2 aliphatic rings. The number of ether oxygens (including phenoxy) is 2. The van der Waals surface area contributed by atoms with Crippen LogP contribution in [-0.4, -0.2) is 50.2 Å². The van der Waals surface area contributed by atoms with Gasteiger partial charge in [0.1, 0.15) is 17.4 Å². The summed E-state index contributed by atoms with van der Waals surface area (Å²) in [5.74, 6) is 0.683. The van der Waals surface area contributed by atoms with Crippen LogP contribution in [0.15, 0.2) is 11.8 Å². The van der Waals surface area contributed by atoms with Crippen molar-refractivity contribution in [2.45, 2.75) is 64.2 Å². The number of carbonyl (C=O) groups is 1. The highest BCUT2D eigenvalue weighted by Crippen LogP contribution is 2.46. The van der Waals surface area contributed by atoms with Crippen molar-refractivity contribution in [3.63, 3.8) is 0 Å². The van der Waals surface area contributed by atoms with Gasteiger partial charge in [0.25, 0.3) is 0 Å². The minimum Gasteiger partial charge on any atom is -0.547 e. The first-order chi connectivity index (χ1) is 9.47. The summed E-state index contributed by atoms with van der Waals surface area (Å²) in [6.07, 6.45) is 2.34. The van der Waals surface area contributed by atoms with E-state index in [1.807, 2.05) is 31.7 Å². The van der Waals surface area contributed by atoms with E-state index in [0.717, 1.165) is 5.76 Å². The predicted octanol–water partition coefficient (Wildman–Crippen LogP) is 2.49. The molecule has 0 N–H and O–H groups in total. The molecule has 0 saturated carbocycles. The highest BCUT2D eigenvalue weighted by molar-refractivity contribution is 6.70. The van der Waals surface area contributed by atoms with Crippen molar-refractivity contribution in [1.82, 2.24) is 4.90 Å². The molecule has 21 heavy (non-hydrogen) atoms. The van der Waals surface area contributed by atoms with Gasteiger partial charge in [0.2, 0.25) is 8.32 Å². The van der Waals surface area contributed by atoms with Crippen molar-refractivity contribution in [1.29, 1.82) is 0 Å². The second-order valence-electron chi connectivity index (χ2n) is 7.81. The van der Waals surface area contributed by atoms with Crippen molar-refractivity contribution in [3.8, 4) is 0 Å². The summed E-state index contributed by atoms with van der Waals surface area (Å²) in [7, 11) is -0.0575. The van der Waals surface area contributed by atoms with Crippen LogP contribution < -0.4 is 0 Å². The zero-order valence-corrected chi connectivity index (χ0v) is 15.1. The molecule has 0 spiro atoms. The normalized spacial score (nSPS) is 32.0. The van der Waals surface area contributed by atoms with Gasteiger partial charge in [0, 0.05) is 20.1 Å². The lowest BCUT2D eigenvalue weighted by Crippen LogP contribution is -2.43. The maximum Gasteiger partial charge on any atom is 0.328 e. The molecule has 120 valence electrons. The number of fused-ring (bicyclic) bond motifs is 1. The van der Waals surface area contributed by atoms with Gasteiger partial charge < -0.3 is 13.9 Å². The van der Waals surface area contributed by atoms with Crippen molar-refractivity contribution >= 4 is 14.3 Å². The van der Waals surface area contributed by atoms with Crippen LogP contribution in [0.5, 0.6) is 0 Å². The van der Waals surface area contributed by atoms with Gasteiger partial charge in [-0.1, -0.05) is 0 Å². The molecule has 1 saturated heterocycles. The Labute approximate surface area is 128 Å². The minimum absolute atomic E-state index is 0.179. The third-order valence-electron chi connectivity index (χ3n) is 3.44. The molecule has 0 bridgehead atoms. The molecule has 0 amide bonds. The quantitative estimate of drug-likeness (QED) is 0.453. The summed E-state index contributed by atoms with van der Waals surface area (Å²) in [4.78, 5) is 14.6. The van der Waals surface area contributed by atoms with Gasteiger partial charge in [-0.05, 0) is 46.5 Å². The number of hydrogen-bond acceptors (Lipinski definition) is 5. The summed E-state index contributed by atoms with van der Waals surface area (Å²) in [5.41, 5.74) is -1.08. The van der Waals surface area contributed by atoms with E-state index < -0.39 is 19.5 Å². The van der Waals surface area contributed by atoms with E-state index in [1.54, 1.807) is 7.11 Å². The van der Waals surface area contributed by atoms with E-state index in [9.17, 15) is 4.79 Å². The Hall–Kier alpha value is -0.853. The second kappa shape index (κ2) is 5.10. The number of esters is 1. The maximum absolute atomic E-state index is 12.6. The molecule has 3 atom stereocenters. The first-order valence-electron chi connectivity index (χ1n) is 7.40. The van der Waals surface area contributed by atoms with E-state index >= 15 is 0 Å². The molecule has 2 heterocycles. The fourth-order valence-corrected chi connectivity index (χ4v) is 3.55. The van der Waals surface area contributed by atoms with Crippen LogP contribution in [0.2, 0.25) is 19.6 Å². The Morgan fingerprint density at radius 1 is 1.38 bits per heavy atom. The van der Waals surface area contributed by atoms with Crippen LogP contribution in [0.3, 0.4) is 0 Å². The largest absolute Gasteiger partial charge is 0.547 e. The van der Waals surface area contributed by atoms with Crippen LogP contribution in [0.4, 0.5) is 0 Å². The smallest absolute Gasteiger partial charge is 0.328 e. The minimum atomic E-state index is -1.71. The molecule has 0 aromatic heterocycles. The lowest BCUT2D eigenvalue weighted by molar-refractivity contribution is -0.161. The Morgan fingerprint density at radius 2 is 2.00 bits per heavy atom. The van der Waals surface area contributed by atoms with Crippen molar-refractivity contribution in [3.05, 3.63) is 11.8 Å². The second-order valence-corrected chi connectivity index (χ2v) is 12.2. The molecule has 5 nitrogen and oxygen atoms in total. The van der Waals surface area contributed by atoms with Gasteiger partial charge in [-0.15, -0.1) is 0 Å². The molecule has 1 fully saturated rings. The lowest BCUT2D eigenvalue weighted by atomic mass is 10.0. The molecular formula is C15H27NO4Si. The Bertz CT molecular complexity index is 463. The molecule has 0 aromatic rings. The molecule has 0 radical (unpaired) electrons. The summed E-state index contributed by atoms with van der Waals surface area (Å²) < 4.78 is 17.2. The van der Waals surface area contributed by atoms with E-state index in [2.05, 4.69) is 19.6 Å². The molecule has 2 rings (SSSR count). The van der Waals surface area contributed by atoms with E-state index in [0.29, 0.717) is 13.0 Å². The van der Waals surface area contributed by atoms with Gasteiger partial charge in [-0.3, -0.25) is 4.90 Å². The average molecular weight is 313 g/mol. The molecule has 2 aliphatic heterocycles. The number of carbonyl (C=O) groups excluding carboxylic acids is 1. The van der Waals surface area contributed by atoms with Crippen LogP contribution in [0.25, 0.3) is 0 Å². The number of hydrogen-bond donors (Lipinski definition) is 0. The highest BCUT2D eigenvalue weighted by Gasteiger charge is 2.65. The van der Waals surface area contributed by atoms with Crippen LogP contribution in [0.1, 0.15) is 27.2 Å².